The molecule has 0 spiro atoms. The van der Waals surface area contributed by atoms with Crippen molar-refractivity contribution < 1.29 is 24.2 Å². The molecular formula is C18H24N2O5. The zero-order valence-electron chi connectivity index (χ0n) is 14.8. The Morgan fingerprint density at radius 2 is 1.92 bits per heavy atom. The molecular weight excluding hydrogens is 324 g/mol. The number of carboxylic acids is 1. The van der Waals surface area contributed by atoms with Gasteiger partial charge < -0.3 is 19.6 Å². The van der Waals surface area contributed by atoms with Gasteiger partial charge in [-0.15, -0.1) is 0 Å². The summed E-state index contributed by atoms with van der Waals surface area (Å²) in [6.45, 7) is 4.74. The third kappa shape index (κ3) is 4.57. The van der Waals surface area contributed by atoms with E-state index in [-0.39, 0.29) is 30.9 Å². The Morgan fingerprint density at radius 3 is 2.48 bits per heavy atom. The standard InChI is InChI=1S/C18H24N2O5/c1-12(2)16(21)19(3)10-13-4-6-14(7-5-13)17(22)20-8-9-25-11-15(20)18(23)24/h4-7,12,15H,8-11H2,1-3H3,(H,23,24). The maximum absolute atomic E-state index is 12.6. The number of ether oxygens (including phenoxy) is 1. The number of aliphatic carboxylic acids is 1. The fourth-order valence-electron chi connectivity index (χ4n) is 2.76. The highest BCUT2D eigenvalue weighted by Crippen LogP contribution is 2.15. The van der Waals surface area contributed by atoms with Crippen molar-refractivity contribution in [3.8, 4) is 0 Å². The Labute approximate surface area is 147 Å². The first-order chi connectivity index (χ1) is 11.8. The van der Waals surface area contributed by atoms with Crippen LogP contribution in [0.1, 0.15) is 29.8 Å². The minimum absolute atomic E-state index is 0.00126. The van der Waals surface area contributed by atoms with Gasteiger partial charge in [0, 0.05) is 31.6 Å². The second kappa shape index (κ2) is 8.11. The van der Waals surface area contributed by atoms with Crippen molar-refractivity contribution in [2.45, 2.75) is 26.4 Å². The summed E-state index contributed by atoms with van der Waals surface area (Å²) in [5.41, 5.74) is 1.33. The molecule has 1 aromatic carbocycles. The van der Waals surface area contributed by atoms with Gasteiger partial charge in [0.1, 0.15) is 0 Å². The number of hydrogen-bond donors (Lipinski definition) is 1. The number of morpholine rings is 1. The van der Waals surface area contributed by atoms with Crippen molar-refractivity contribution in [2.75, 3.05) is 26.8 Å². The van der Waals surface area contributed by atoms with Crippen molar-refractivity contribution >= 4 is 17.8 Å². The average Bonchev–Trinajstić information content (AvgIpc) is 2.60. The third-order valence-corrected chi connectivity index (χ3v) is 4.17. The van der Waals surface area contributed by atoms with Crippen LogP contribution < -0.4 is 0 Å². The van der Waals surface area contributed by atoms with Gasteiger partial charge in [0.05, 0.1) is 13.2 Å². The van der Waals surface area contributed by atoms with Gasteiger partial charge >= 0.3 is 5.97 Å². The van der Waals surface area contributed by atoms with Gasteiger partial charge in [-0.1, -0.05) is 26.0 Å². The zero-order valence-corrected chi connectivity index (χ0v) is 14.8. The lowest BCUT2D eigenvalue weighted by atomic mass is 10.1. The van der Waals surface area contributed by atoms with E-state index in [1.807, 2.05) is 13.8 Å². The molecule has 1 atom stereocenters. The van der Waals surface area contributed by atoms with Crippen molar-refractivity contribution in [3.63, 3.8) is 0 Å². The van der Waals surface area contributed by atoms with Crippen LogP contribution in [0.15, 0.2) is 24.3 Å². The number of nitrogens with zero attached hydrogens (tertiary/aromatic N) is 2. The molecule has 1 saturated heterocycles. The predicted molar refractivity (Wildman–Crippen MR) is 91.0 cm³/mol. The number of hydrogen-bond acceptors (Lipinski definition) is 4. The van der Waals surface area contributed by atoms with Crippen LogP contribution in [0.2, 0.25) is 0 Å². The molecule has 2 amide bonds. The van der Waals surface area contributed by atoms with Gasteiger partial charge in [0.25, 0.3) is 5.91 Å². The minimum atomic E-state index is -1.07. The van der Waals surface area contributed by atoms with Crippen LogP contribution in [-0.2, 0) is 20.9 Å². The van der Waals surface area contributed by atoms with Crippen LogP contribution in [0.3, 0.4) is 0 Å². The van der Waals surface area contributed by atoms with Gasteiger partial charge in [-0.05, 0) is 17.7 Å². The highest BCUT2D eigenvalue weighted by molar-refractivity contribution is 5.96. The van der Waals surface area contributed by atoms with Crippen LogP contribution in [0.4, 0.5) is 0 Å². The molecule has 0 aromatic heterocycles. The fourth-order valence-corrected chi connectivity index (χ4v) is 2.76. The lowest BCUT2D eigenvalue weighted by Gasteiger charge is -2.32. The Balaban J connectivity index is 2.07. The van der Waals surface area contributed by atoms with E-state index >= 15 is 0 Å². The monoisotopic (exact) mass is 348 g/mol. The van der Waals surface area contributed by atoms with Crippen LogP contribution in [0.25, 0.3) is 0 Å². The first-order valence-electron chi connectivity index (χ1n) is 8.26. The summed E-state index contributed by atoms with van der Waals surface area (Å²) in [6.07, 6.45) is 0. The number of amides is 2. The summed E-state index contributed by atoms with van der Waals surface area (Å²) >= 11 is 0. The van der Waals surface area contributed by atoms with Crippen LogP contribution in [0.5, 0.6) is 0 Å². The predicted octanol–water partition coefficient (Wildman–Crippen LogP) is 1.23. The molecule has 25 heavy (non-hydrogen) atoms. The maximum Gasteiger partial charge on any atom is 0.328 e. The van der Waals surface area contributed by atoms with Crippen molar-refractivity contribution in [1.82, 2.24) is 9.80 Å². The van der Waals surface area contributed by atoms with Gasteiger partial charge in [-0.25, -0.2) is 4.79 Å². The second-order valence-electron chi connectivity index (χ2n) is 6.47. The molecule has 1 aromatic rings. The van der Waals surface area contributed by atoms with Crippen LogP contribution in [0, 0.1) is 5.92 Å². The largest absolute Gasteiger partial charge is 0.480 e. The minimum Gasteiger partial charge on any atom is -0.480 e. The molecule has 0 saturated carbocycles. The molecule has 1 aliphatic heterocycles. The number of benzene rings is 1. The number of carbonyl (C=O) groups excluding carboxylic acids is 2. The van der Waals surface area contributed by atoms with Crippen molar-refractivity contribution in [3.05, 3.63) is 35.4 Å². The van der Waals surface area contributed by atoms with E-state index in [0.29, 0.717) is 18.7 Å². The summed E-state index contributed by atoms with van der Waals surface area (Å²) < 4.78 is 5.15. The first kappa shape index (κ1) is 18.9. The molecule has 0 aliphatic carbocycles. The summed E-state index contributed by atoms with van der Waals surface area (Å²) in [4.78, 5) is 38.8. The smallest absolute Gasteiger partial charge is 0.328 e. The number of carbonyl (C=O) groups is 3. The van der Waals surface area contributed by atoms with Crippen LogP contribution in [-0.4, -0.2) is 65.5 Å². The summed E-state index contributed by atoms with van der Waals surface area (Å²) in [5, 5.41) is 9.23. The Kier molecular flexibility index (Phi) is 6.14. The molecule has 1 fully saturated rings. The number of carboxylic acid groups (broad SMARTS) is 1. The topological polar surface area (TPSA) is 87.2 Å². The summed E-state index contributed by atoms with van der Waals surface area (Å²) in [7, 11) is 1.74. The average molecular weight is 348 g/mol. The molecule has 0 bridgehead atoms. The van der Waals surface area contributed by atoms with E-state index in [1.165, 1.54) is 4.90 Å². The van der Waals surface area contributed by atoms with E-state index < -0.39 is 12.0 Å². The Bertz CT molecular complexity index is 641. The van der Waals surface area contributed by atoms with Crippen LogP contribution >= 0.6 is 0 Å². The zero-order chi connectivity index (χ0) is 18.6. The van der Waals surface area contributed by atoms with Crippen molar-refractivity contribution in [2.24, 2.45) is 5.92 Å². The van der Waals surface area contributed by atoms with Gasteiger partial charge in [0.2, 0.25) is 5.91 Å². The quantitative estimate of drug-likeness (QED) is 0.865. The molecule has 7 heteroatoms. The van der Waals surface area contributed by atoms with Gasteiger partial charge in [0.15, 0.2) is 6.04 Å². The fraction of sp³-hybridized carbons (Fsp3) is 0.500. The van der Waals surface area contributed by atoms with E-state index in [2.05, 4.69) is 0 Å². The van der Waals surface area contributed by atoms with E-state index in [0.717, 1.165) is 5.56 Å². The second-order valence-corrected chi connectivity index (χ2v) is 6.47. The lowest BCUT2D eigenvalue weighted by molar-refractivity contribution is -0.147. The Hall–Kier alpha value is -2.41. The molecule has 1 aliphatic rings. The molecule has 0 radical (unpaired) electrons. The molecule has 1 heterocycles. The highest BCUT2D eigenvalue weighted by atomic mass is 16.5. The van der Waals surface area contributed by atoms with Gasteiger partial charge in [-0.2, -0.15) is 0 Å². The molecule has 136 valence electrons. The SMILES string of the molecule is CC(C)C(=O)N(C)Cc1ccc(C(=O)N2CCOCC2C(=O)O)cc1. The Morgan fingerprint density at radius 1 is 1.28 bits per heavy atom. The maximum atomic E-state index is 12.6. The van der Waals surface area contributed by atoms with E-state index in [4.69, 9.17) is 4.74 Å². The van der Waals surface area contributed by atoms with E-state index in [1.54, 1.807) is 36.2 Å². The first-order valence-corrected chi connectivity index (χ1v) is 8.26. The summed E-state index contributed by atoms with van der Waals surface area (Å²) in [6, 6.07) is 5.94. The molecule has 1 unspecified atom stereocenters. The normalized spacial score (nSPS) is 17.4. The highest BCUT2D eigenvalue weighted by Gasteiger charge is 2.33. The number of rotatable bonds is 5. The molecule has 7 nitrogen and oxygen atoms in total. The van der Waals surface area contributed by atoms with Gasteiger partial charge in [-0.3, -0.25) is 9.59 Å². The van der Waals surface area contributed by atoms with E-state index in [9.17, 15) is 19.5 Å². The lowest BCUT2D eigenvalue weighted by Crippen LogP contribution is -2.52. The molecule has 2 rings (SSSR count). The molecule has 1 N–H and O–H groups in total. The summed E-state index contributed by atoms with van der Waals surface area (Å²) in [5.74, 6) is -1.41. The third-order valence-electron chi connectivity index (χ3n) is 4.17. The van der Waals surface area contributed by atoms with Crippen molar-refractivity contribution in [1.29, 1.82) is 0 Å².